The number of carbonyl (C=O) groups excluding carboxylic acids is 2. The summed E-state index contributed by atoms with van der Waals surface area (Å²) in [5.41, 5.74) is -1.20. The van der Waals surface area contributed by atoms with Gasteiger partial charge in [0, 0.05) is 0 Å². The first-order chi connectivity index (χ1) is 8.44. The van der Waals surface area contributed by atoms with Crippen LogP contribution in [0.3, 0.4) is 0 Å². The van der Waals surface area contributed by atoms with Crippen molar-refractivity contribution >= 4 is 23.5 Å². The number of alkyl halides is 1. The largest absolute Gasteiger partial charge is 0.460 e. The van der Waals surface area contributed by atoms with Crippen LogP contribution in [0.4, 0.5) is 0 Å². The van der Waals surface area contributed by atoms with Gasteiger partial charge in [-0.15, -0.1) is 11.6 Å². The maximum absolute atomic E-state index is 11.9. The van der Waals surface area contributed by atoms with E-state index in [1.54, 1.807) is 41.5 Å². The van der Waals surface area contributed by atoms with E-state index in [0.29, 0.717) is 0 Å². The van der Waals surface area contributed by atoms with Crippen molar-refractivity contribution in [3.8, 4) is 0 Å². The van der Waals surface area contributed by atoms with Crippen molar-refractivity contribution in [3.63, 3.8) is 0 Å². The molecule has 0 rings (SSSR count). The number of carbonyl (C=O) groups is 2. The highest BCUT2D eigenvalue weighted by molar-refractivity contribution is 6.17. The molecular formula is C13H24ClNO4. The number of nitrogens with one attached hydrogen (secondary N) is 1. The summed E-state index contributed by atoms with van der Waals surface area (Å²) in [7, 11) is 0. The number of hydrogen-bond donors (Lipinski definition) is 1. The highest BCUT2D eigenvalue weighted by atomic mass is 35.5. The van der Waals surface area contributed by atoms with Crippen molar-refractivity contribution in [1.29, 1.82) is 0 Å². The van der Waals surface area contributed by atoms with Gasteiger partial charge in [0.2, 0.25) is 0 Å². The lowest BCUT2D eigenvalue weighted by atomic mass is 10.1. The van der Waals surface area contributed by atoms with Gasteiger partial charge < -0.3 is 9.47 Å². The second kappa shape index (κ2) is 7.10. The summed E-state index contributed by atoms with van der Waals surface area (Å²) in [5.74, 6) is -0.986. The molecule has 5 nitrogen and oxygen atoms in total. The van der Waals surface area contributed by atoms with Gasteiger partial charge in [-0.25, -0.2) is 0 Å². The SMILES string of the molecule is CC(C)(C)OC(=O)C[C@H](NCCl)C(=O)OC(C)(C)C. The van der Waals surface area contributed by atoms with E-state index in [-0.39, 0.29) is 12.4 Å². The van der Waals surface area contributed by atoms with Gasteiger partial charge in [0.15, 0.2) is 0 Å². The predicted octanol–water partition coefficient (Wildman–Crippen LogP) is 2.21. The summed E-state index contributed by atoms with van der Waals surface area (Å²) >= 11 is 5.56. The zero-order valence-electron chi connectivity index (χ0n) is 12.5. The smallest absolute Gasteiger partial charge is 0.324 e. The molecule has 0 bridgehead atoms. The van der Waals surface area contributed by atoms with Gasteiger partial charge in [-0.1, -0.05) is 0 Å². The van der Waals surface area contributed by atoms with Gasteiger partial charge in [0.05, 0.1) is 12.4 Å². The van der Waals surface area contributed by atoms with Crippen LogP contribution >= 0.6 is 11.6 Å². The van der Waals surface area contributed by atoms with Crippen LogP contribution in [0.25, 0.3) is 0 Å². The summed E-state index contributed by atoms with van der Waals surface area (Å²) in [6, 6.07) is -0.751. The molecule has 0 spiro atoms. The zero-order valence-corrected chi connectivity index (χ0v) is 13.3. The summed E-state index contributed by atoms with van der Waals surface area (Å²) in [4.78, 5) is 23.6. The van der Waals surface area contributed by atoms with Crippen LogP contribution in [-0.2, 0) is 19.1 Å². The molecule has 6 heteroatoms. The number of rotatable bonds is 5. The Labute approximate surface area is 120 Å². The van der Waals surface area contributed by atoms with Crippen LogP contribution in [0.1, 0.15) is 48.0 Å². The van der Waals surface area contributed by atoms with Crippen molar-refractivity contribution in [2.45, 2.75) is 65.2 Å². The highest BCUT2D eigenvalue weighted by Gasteiger charge is 2.28. The van der Waals surface area contributed by atoms with Gasteiger partial charge in [0.25, 0.3) is 0 Å². The lowest BCUT2D eigenvalue weighted by Gasteiger charge is -2.25. The fraction of sp³-hybridized carbons (Fsp3) is 0.846. The van der Waals surface area contributed by atoms with Gasteiger partial charge >= 0.3 is 11.9 Å². The first kappa shape index (κ1) is 18.2. The van der Waals surface area contributed by atoms with Crippen LogP contribution in [-0.4, -0.2) is 35.2 Å². The summed E-state index contributed by atoms with van der Waals surface area (Å²) < 4.78 is 10.4. The topological polar surface area (TPSA) is 64.6 Å². The fourth-order valence-electron chi connectivity index (χ4n) is 1.25. The second-order valence-corrected chi connectivity index (χ2v) is 6.48. The molecule has 0 aliphatic heterocycles. The molecule has 0 amide bonds. The van der Waals surface area contributed by atoms with Crippen LogP contribution in [0.5, 0.6) is 0 Å². The zero-order chi connectivity index (χ0) is 15.3. The van der Waals surface area contributed by atoms with Crippen LogP contribution in [0.15, 0.2) is 0 Å². The molecule has 112 valence electrons. The number of ether oxygens (including phenoxy) is 2. The molecule has 0 aliphatic rings. The first-order valence-electron chi connectivity index (χ1n) is 6.18. The summed E-state index contributed by atoms with van der Waals surface area (Å²) in [5, 5.41) is 2.71. The molecule has 0 saturated heterocycles. The van der Waals surface area contributed by atoms with Gasteiger partial charge in [-0.05, 0) is 41.5 Å². The van der Waals surface area contributed by atoms with E-state index in [1.165, 1.54) is 0 Å². The third kappa shape index (κ3) is 9.73. The predicted molar refractivity (Wildman–Crippen MR) is 74.0 cm³/mol. The van der Waals surface area contributed by atoms with E-state index in [1.807, 2.05) is 0 Å². The van der Waals surface area contributed by atoms with Crippen molar-refractivity contribution in [1.82, 2.24) is 5.32 Å². The third-order valence-corrected chi connectivity index (χ3v) is 1.96. The van der Waals surface area contributed by atoms with Crippen molar-refractivity contribution in [3.05, 3.63) is 0 Å². The maximum Gasteiger partial charge on any atom is 0.324 e. The molecule has 0 heterocycles. The Hall–Kier alpha value is -0.810. The molecule has 0 aromatic heterocycles. The lowest BCUT2D eigenvalue weighted by Crippen LogP contribution is -2.43. The Morgan fingerprint density at radius 1 is 1.05 bits per heavy atom. The molecule has 0 aromatic rings. The highest BCUT2D eigenvalue weighted by Crippen LogP contribution is 2.13. The average Bonchev–Trinajstić information content (AvgIpc) is 2.10. The number of esters is 2. The van der Waals surface area contributed by atoms with Gasteiger partial charge in [0.1, 0.15) is 17.2 Å². The molecular weight excluding hydrogens is 270 g/mol. The molecule has 19 heavy (non-hydrogen) atoms. The normalized spacial score (nSPS) is 13.8. The average molecular weight is 294 g/mol. The fourth-order valence-corrected chi connectivity index (χ4v) is 1.44. The molecule has 0 unspecified atom stereocenters. The lowest BCUT2D eigenvalue weighted by molar-refractivity contribution is -0.164. The van der Waals surface area contributed by atoms with E-state index < -0.39 is 29.2 Å². The Bertz CT molecular complexity index is 318. The van der Waals surface area contributed by atoms with Gasteiger partial charge in [-0.3, -0.25) is 14.9 Å². The van der Waals surface area contributed by atoms with Crippen molar-refractivity contribution in [2.75, 3.05) is 6.00 Å². The molecule has 1 N–H and O–H groups in total. The van der Waals surface area contributed by atoms with E-state index >= 15 is 0 Å². The molecule has 0 aromatic carbocycles. The minimum Gasteiger partial charge on any atom is -0.460 e. The molecule has 1 atom stereocenters. The van der Waals surface area contributed by atoms with E-state index in [4.69, 9.17) is 21.1 Å². The second-order valence-electron chi connectivity index (χ2n) is 6.21. The Morgan fingerprint density at radius 3 is 1.89 bits per heavy atom. The Kier molecular flexibility index (Phi) is 6.80. The minimum absolute atomic E-state index is 0.0483. The standard InChI is InChI=1S/C13H24ClNO4/c1-12(2,3)18-10(16)7-9(15-8-14)11(17)19-13(4,5)6/h9,15H,7-8H2,1-6H3/t9-/m0/s1. The van der Waals surface area contributed by atoms with E-state index in [0.717, 1.165) is 0 Å². The van der Waals surface area contributed by atoms with Gasteiger partial charge in [-0.2, -0.15) is 0 Å². The first-order valence-corrected chi connectivity index (χ1v) is 6.72. The Balaban J connectivity index is 4.57. The molecule has 0 saturated carbocycles. The monoisotopic (exact) mass is 293 g/mol. The molecule has 0 aliphatic carbocycles. The summed E-state index contributed by atoms with van der Waals surface area (Å²) in [6.07, 6.45) is -0.112. The quantitative estimate of drug-likeness (QED) is 0.478. The molecule has 0 radical (unpaired) electrons. The number of halogens is 1. The van der Waals surface area contributed by atoms with Crippen molar-refractivity contribution < 1.29 is 19.1 Å². The molecule has 0 fully saturated rings. The van der Waals surface area contributed by atoms with Crippen LogP contribution in [0, 0.1) is 0 Å². The van der Waals surface area contributed by atoms with E-state index in [9.17, 15) is 9.59 Å². The van der Waals surface area contributed by atoms with E-state index in [2.05, 4.69) is 5.32 Å². The number of hydrogen-bond acceptors (Lipinski definition) is 5. The third-order valence-electron chi connectivity index (χ3n) is 1.81. The minimum atomic E-state index is -0.799. The Morgan fingerprint density at radius 2 is 1.53 bits per heavy atom. The maximum atomic E-state index is 11.9. The van der Waals surface area contributed by atoms with Crippen molar-refractivity contribution in [2.24, 2.45) is 0 Å². The summed E-state index contributed by atoms with van der Waals surface area (Å²) in [6.45, 7) is 10.6. The van der Waals surface area contributed by atoms with Crippen LogP contribution in [0.2, 0.25) is 0 Å². The van der Waals surface area contributed by atoms with Crippen LogP contribution < -0.4 is 5.32 Å².